The minimum atomic E-state index is 0.280. The first kappa shape index (κ1) is 9.56. The van der Waals surface area contributed by atoms with Gasteiger partial charge in [-0.25, -0.2) is 0 Å². The fourth-order valence-corrected chi connectivity index (χ4v) is 2.21. The molecule has 1 saturated carbocycles. The highest BCUT2D eigenvalue weighted by atomic mass is 16.1. The average molecular weight is 194 g/mol. The first-order valence-corrected chi connectivity index (χ1v) is 5.53. The molecule has 1 N–H and O–H groups in total. The van der Waals surface area contributed by atoms with Gasteiger partial charge in [-0.1, -0.05) is 12.8 Å². The van der Waals surface area contributed by atoms with E-state index < -0.39 is 0 Å². The van der Waals surface area contributed by atoms with Gasteiger partial charge in [-0.3, -0.25) is 4.79 Å². The zero-order valence-electron chi connectivity index (χ0n) is 8.54. The van der Waals surface area contributed by atoms with Crippen molar-refractivity contribution in [3.8, 4) is 0 Å². The molecule has 3 nitrogen and oxygen atoms in total. The zero-order valence-corrected chi connectivity index (χ0v) is 8.54. The van der Waals surface area contributed by atoms with E-state index in [4.69, 9.17) is 0 Å². The Morgan fingerprint density at radius 1 is 1.43 bits per heavy atom. The number of carbonyl (C=O) groups excluding carboxylic acids is 1. The van der Waals surface area contributed by atoms with Crippen LogP contribution < -0.4 is 5.32 Å². The second-order valence-electron chi connectivity index (χ2n) is 4.21. The van der Waals surface area contributed by atoms with Gasteiger partial charge < -0.3 is 10.2 Å². The number of carbonyl (C=O) groups is 1. The number of hydrogen-bond donors (Lipinski definition) is 1. The molecular weight excluding hydrogens is 176 g/mol. The van der Waals surface area contributed by atoms with Gasteiger partial charge >= 0.3 is 0 Å². The molecule has 0 radical (unpaired) electrons. The molecule has 78 valence electrons. The second kappa shape index (κ2) is 4.49. The zero-order chi connectivity index (χ0) is 9.80. The monoisotopic (exact) mass is 194 g/mol. The number of ketones is 1. The summed E-state index contributed by atoms with van der Waals surface area (Å²) in [6, 6.07) is 0. The molecule has 0 spiro atoms. The SMILES string of the molecule is O=C1CCCCC[C@H]1CN1C=CNC1. The lowest BCUT2D eigenvalue weighted by molar-refractivity contribution is -0.123. The number of hydrogen-bond acceptors (Lipinski definition) is 3. The summed E-state index contributed by atoms with van der Waals surface area (Å²) in [5.74, 6) is 0.754. The minimum absolute atomic E-state index is 0.280. The third-order valence-corrected chi connectivity index (χ3v) is 3.08. The minimum Gasteiger partial charge on any atom is -0.373 e. The van der Waals surface area contributed by atoms with Gasteiger partial charge in [0.25, 0.3) is 0 Å². The normalized spacial score (nSPS) is 27.6. The Bertz CT molecular complexity index is 237. The van der Waals surface area contributed by atoms with Crippen molar-refractivity contribution in [3.05, 3.63) is 12.4 Å². The molecule has 1 aliphatic heterocycles. The second-order valence-corrected chi connectivity index (χ2v) is 4.21. The standard InChI is InChI=1S/C11H18N2O/c14-11-5-3-1-2-4-10(11)8-13-7-6-12-9-13/h6-7,10,12H,1-5,8-9H2/t10-/m0/s1. The van der Waals surface area contributed by atoms with Gasteiger partial charge in [-0.05, 0) is 12.8 Å². The highest BCUT2D eigenvalue weighted by Gasteiger charge is 2.22. The van der Waals surface area contributed by atoms with Crippen LogP contribution in [0.2, 0.25) is 0 Å². The van der Waals surface area contributed by atoms with Crippen LogP contribution in [-0.2, 0) is 4.79 Å². The maximum Gasteiger partial charge on any atom is 0.137 e. The molecule has 1 atom stereocenters. The van der Waals surface area contributed by atoms with E-state index in [0.29, 0.717) is 5.78 Å². The summed E-state index contributed by atoms with van der Waals surface area (Å²) in [5.41, 5.74) is 0. The molecule has 0 unspecified atom stereocenters. The molecule has 0 aromatic carbocycles. The van der Waals surface area contributed by atoms with E-state index in [0.717, 1.165) is 32.5 Å². The van der Waals surface area contributed by atoms with Gasteiger partial charge in [0.1, 0.15) is 5.78 Å². The molecule has 0 aromatic heterocycles. The number of rotatable bonds is 2. The Labute approximate surface area is 85.2 Å². The maximum absolute atomic E-state index is 11.7. The van der Waals surface area contributed by atoms with E-state index in [1.807, 2.05) is 12.4 Å². The first-order valence-electron chi connectivity index (χ1n) is 5.53. The van der Waals surface area contributed by atoms with Gasteiger partial charge in [0.2, 0.25) is 0 Å². The first-order chi connectivity index (χ1) is 6.86. The molecule has 14 heavy (non-hydrogen) atoms. The third kappa shape index (κ3) is 2.28. The quantitative estimate of drug-likeness (QED) is 0.676. The predicted octanol–water partition coefficient (Wildman–Crippen LogP) is 1.47. The Kier molecular flexibility index (Phi) is 3.07. The van der Waals surface area contributed by atoms with Crippen LogP contribution in [0.15, 0.2) is 12.4 Å². The van der Waals surface area contributed by atoms with Crippen LogP contribution in [0.3, 0.4) is 0 Å². The van der Waals surface area contributed by atoms with Crippen molar-refractivity contribution in [1.82, 2.24) is 10.2 Å². The van der Waals surface area contributed by atoms with Gasteiger partial charge in [0.05, 0.1) is 6.67 Å². The van der Waals surface area contributed by atoms with E-state index in [9.17, 15) is 4.79 Å². The van der Waals surface area contributed by atoms with Crippen molar-refractivity contribution in [1.29, 1.82) is 0 Å². The van der Waals surface area contributed by atoms with Crippen LogP contribution >= 0.6 is 0 Å². The van der Waals surface area contributed by atoms with Crippen LogP contribution in [0.4, 0.5) is 0 Å². The van der Waals surface area contributed by atoms with E-state index in [2.05, 4.69) is 10.2 Å². The highest BCUT2D eigenvalue weighted by Crippen LogP contribution is 2.21. The van der Waals surface area contributed by atoms with E-state index in [1.165, 1.54) is 12.8 Å². The summed E-state index contributed by atoms with van der Waals surface area (Å²) in [6.07, 6.45) is 9.43. The van der Waals surface area contributed by atoms with Gasteiger partial charge in [0.15, 0.2) is 0 Å². The average Bonchev–Trinajstić information content (AvgIpc) is 2.60. The predicted molar refractivity (Wildman–Crippen MR) is 55.4 cm³/mol. The van der Waals surface area contributed by atoms with E-state index in [1.54, 1.807) is 0 Å². The lowest BCUT2D eigenvalue weighted by Gasteiger charge is -2.20. The van der Waals surface area contributed by atoms with E-state index in [-0.39, 0.29) is 5.92 Å². The molecule has 2 aliphatic rings. The summed E-state index contributed by atoms with van der Waals surface area (Å²) in [7, 11) is 0. The van der Waals surface area contributed by atoms with Crippen molar-refractivity contribution < 1.29 is 4.79 Å². The lowest BCUT2D eigenvalue weighted by atomic mass is 9.99. The number of nitrogens with one attached hydrogen (secondary N) is 1. The van der Waals surface area contributed by atoms with Gasteiger partial charge in [-0.15, -0.1) is 0 Å². The van der Waals surface area contributed by atoms with Crippen molar-refractivity contribution >= 4 is 5.78 Å². The Hall–Kier alpha value is -0.990. The molecule has 0 bridgehead atoms. The van der Waals surface area contributed by atoms with Crippen LogP contribution in [0, 0.1) is 5.92 Å². The van der Waals surface area contributed by atoms with Crippen molar-refractivity contribution in [2.75, 3.05) is 13.2 Å². The highest BCUT2D eigenvalue weighted by molar-refractivity contribution is 5.81. The fraction of sp³-hybridized carbons (Fsp3) is 0.727. The Morgan fingerprint density at radius 3 is 3.14 bits per heavy atom. The third-order valence-electron chi connectivity index (χ3n) is 3.08. The summed E-state index contributed by atoms with van der Waals surface area (Å²) in [5, 5.41) is 3.13. The lowest BCUT2D eigenvalue weighted by Crippen LogP contribution is -2.30. The molecule has 1 heterocycles. The van der Waals surface area contributed by atoms with Crippen molar-refractivity contribution in [2.45, 2.75) is 32.1 Å². The van der Waals surface area contributed by atoms with Gasteiger partial charge in [-0.2, -0.15) is 0 Å². The fourth-order valence-electron chi connectivity index (χ4n) is 2.21. The van der Waals surface area contributed by atoms with Crippen LogP contribution in [0.1, 0.15) is 32.1 Å². The Morgan fingerprint density at radius 2 is 2.36 bits per heavy atom. The summed E-state index contributed by atoms with van der Waals surface area (Å²) in [6.45, 7) is 1.77. The Balaban J connectivity index is 1.87. The molecule has 1 fully saturated rings. The maximum atomic E-state index is 11.7. The molecule has 0 aromatic rings. The number of Topliss-reactive ketones (excluding diaryl/α,β-unsaturated/α-hetero) is 1. The van der Waals surface area contributed by atoms with Gasteiger partial charge in [0, 0.05) is 31.3 Å². The van der Waals surface area contributed by atoms with Crippen molar-refractivity contribution in [3.63, 3.8) is 0 Å². The van der Waals surface area contributed by atoms with E-state index >= 15 is 0 Å². The molecule has 0 amide bonds. The molecular formula is C11H18N2O. The smallest absolute Gasteiger partial charge is 0.137 e. The molecule has 3 heteroatoms. The summed E-state index contributed by atoms with van der Waals surface area (Å²) >= 11 is 0. The van der Waals surface area contributed by atoms with Crippen molar-refractivity contribution in [2.24, 2.45) is 5.92 Å². The molecule has 0 saturated heterocycles. The topological polar surface area (TPSA) is 32.3 Å². The van der Waals surface area contributed by atoms with Crippen LogP contribution in [-0.4, -0.2) is 23.9 Å². The summed E-state index contributed by atoms with van der Waals surface area (Å²) < 4.78 is 0. The summed E-state index contributed by atoms with van der Waals surface area (Å²) in [4.78, 5) is 13.9. The molecule has 1 aliphatic carbocycles. The number of nitrogens with zero attached hydrogens (tertiary/aromatic N) is 1. The molecule has 2 rings (SSSR count). The van der Waals surface area contributed by atoms with Crippen LogP contribution in [0.25, 0.3) is 0 Å². The largest absolute Gasteiger partial charge is 0.373 e. The van der Waals surface area contributed by atoms with Crippen LogP contribution in [0.5, 0.6) is 0 Å².